The summed E-state index contributed by atoms with van der Waals surface area (Å²) in [6.45, 7) is 9.87. The molecule has 0 aliphatic heterocycles. The van der Waals surface area contributed by atoms with Crippen LogP contribution in [0.3, 0.4) is 0 Å². The van der Waals surface area contributed by atoms with Gasteiger partial charge >= 0.3 is 12.1 Å². The Morgan fingerprint density at radius 2 is 1.88 bits per heavy atom. The third-order valence-electron chi connectivity index (χ3n) is 6.39. The van der Waals surface area contributed by atoms with E-state index in [0.29, 0.717) is 24.8 Å². The molecule has 0 spiro atoms. The third-order valence-corrected chi connectivity index (χ3v) is 6.39. The fourth-order valence-corrected chi connectivity index (χ4v) is 5.73. The topological polar surface area (TPSA) is 64.6 Å². The Labute approximate surface area is 151 Å². The van der Waals surface area contributed by atoms with Crippen molar-refractivity contribution in [3.8, 4) is 0 Å². The lowest BCUT2D eigenvalue weighted by molar-refractivity contribution is -0.166. The van der Waals surface area contributed by atoms with Crippen LogP contribution in [0, 0.1) is 29.1 Å². The number of hydrogen-bond donors (Lipinski definition) is 1. The van der Waals surface area contributed by atoms with E-state index in [-0.39, 0.29) is 23.6 Å². The highest BCUT2D eigenvalue weighted by atomic mass is 16.6. The lowest BCUT2D eigenvalue weighted by Gasteiger charge is -2.60. The lowest BCUT2D eigenvalue weighted by Crippen LogP contribution is -2.60. The zero-order valence-corrected chi connectivity index (χ0v) is 16.3. The Morgan fingerprint density at radius 1 is 1.16 bits per heavy atom. The molecular weight excluding hydrogens is 318 g/mol. The first-order valence-corrected chi connectivity index (χ1v) is 9.77. The van der Waals surface area contributed by atoms with Gasteiger partial charge in [-0.1, -0.05) is 6.42 Å². The van der Waals surface area contributed by atoms with Crippen LogP contribution in [0.25, 0.3) is 0 Å². The maximum absolute atomic E-state index is 12.4. The van der Waals surface area contributed by atoms with Gasteiger partial charge in [0.25, 0.3) is 0 Å². The van der Waals surface area contributed by atoms with Crippen molar-refractivity contribution in [2.24, 2.45) is 29.1 Å². The van der Waals surface area contributed by atoms with Crippen LogP contribution in [-0.4, -0.2) is 30.3 Å². The summed E-state index contributed by atoms with van der Waals surface area (Å²) in [6, 6.07) is 0. The molecule has 25 heavy (non-hydrogen) atoms. The van der Waals surface area contributed by atoms with E-state index in [4.69, 9.17) is 9.47 Å². The molecule has 3 aliphatic rings. The molecule has 0 saturated heterocycles. The molecule has 5 atom stereocenters. The molecule has 1 N–H and O–H groups in total. The first kappa shape index (κ1) is 18.5. The maximum atomic E-state index is 12.4. The summed E-state index contributed by atoms with van der Waals surface area (Å²) in [5, 5.41) is 2.97. The second-order valence-corrected chi connectivity index (χ2v) is 9.60. The van der Waals surface area contributed by atoms with E-state index < -0.39 is 5.60 Å². The monoisotopic (exact) mass is 351 g/mol. The average molecular weight is 351 g/mol. The van der Waals surface area contributed by atoms with Gasteiger partial charge in [-0.2, -0.15) is 0 Å². The fraction of sp³-hybridized carbons (Fsp3) is 0.900. The van der Waals surface area contributed by atoms with Crippen molar-refractivity contribution in [1.82, 2.24) is 5.32 Å². The molecular formula is C20H33NO4. The quantitative estimate of drug-likeness (QED) is 0.763. The van der Waals surface area contributed by atoms with Crippen LogP contribution >= 0.6 is 0 Å². The number of hydrogen-bond acceptors (Lipinski definition) is 4. The lowest BCUT2D eigenvalue weighted by atomic mass is 9.45. The molecule has 0 unspecified atom stereocenters. The number of carbonyl (C=O) groups is 2. The minimum absolute atomic E-state index is 0.0980. The molecule has 142 valence electrons. The predicted molar refractivity (Wildman–Crippen MR) is 94.9 cm³/mol. The Hall–Kier alpha value is -1.26. The van der Waals surface area contributed by atoms with Gasteiger partial charge in [-0.05, 0) is 77.6 Å². The largest absolute Gasteiger partial charge is 0.463 e. The van der Waals surface area contributed by atoms with Crippen molar-refractivity contribution in [2.75, 3.05) is 6.54 Å². The molecule has 3 aliphatic carbocycles. The third kappa shape index (κ3) is 3.65. The molecule has 0 aromatic carbocycles. The zero-order valence-electron chi connectivity index (χ0n) is 16.3. The minimum Gasteiger partial charge on any atom is -0.463 e. The molecule has 5 heteroatoms. The number of nitrogens with one attached hydrogen (secondary N) is 1. The molecule has 3 saturated carbocycles. The second kappa shape index (κ2) is 6.48. The van der Waals surface area contributed by atoms with Crippen molar-refractivity contribution >= 4 is 12.1 Å². The molecule has 0 aromatic heterocycles. The summed E-state index contributed by atoms with van der Waals surface area (Å²) in [5.74, 6) is 2.50. The van der Waals surface area contributed by atoms with Crippen molar-refractivity contribution in [3.63, 3.8) is 0 Å². The van der Waals surface area contributed by atoms with Crippen molar-refractivity contribution < 1.29 is 19.1 Å². The van der Waals surface area contributed by atoms with Crippen molar-refractivity contribution in [1.29, 1.82) is 0 Å². The molecule has 0 aromatic rings. The second-order valence-electron chi connectivity index (χ2n) is 9.60. The van der Waals surface area contributed by atoms with E-state index in [1.165, 1.54) is 25.7 Å². The van der Waals surface area contributed by atoms with E-state index in [1.807, 2.05) is 34.6 Å². The molecule has 3 rings (SSSR count). The number of fused-ring (bicyclic) bond motifs is 1. The first-order chi connectivity index (χ1) is 11.6. The Kier molecular flexibility index (Phi) is 4.80. The van der Waals surface area contributed by atoms with Gasteiger partial charge in [-0.15, -0.1) is 0 Å². The average Bonchev–Trinajstić information content (AvgIpc) is 2.64. The number of carbonyl (C=O) groups excluding carboxylic acids is 2. The highest BCUT2D eigenvalue weighted by molar-refractivity contribution is 5.72. The maximum Gasteiger partial charge on any atom is 0.407 e. The van der Waals surface area contributed by atoms with E-state index in [0.717, 1.165) is 11.8 Å². The van der Waals surface area contributed by atoms with Crippen LogP contribution in [-0.2, 0) is 14.3 Å². The number of rotatable bonds is 5. The molecule has 0 heterocycles. The Morgan fingerprint density at radius 3 is 2.52 bits per heavy atom. The minimum atomic E-state index is -0.512. The molecule has 5 nitrogen and oxygen atoms in total. The van der Waals surface area contributed by atoms with Crippen LogP contribution in [0.5, 0.6) is 0 Å². The standard InChI is InChI=1S/C20H33NO4/c1-12(2)24-17(22)10-20(11-21-18(23)25-19(3,4)5)15-7-6-13-8-14(15)16(20)9-13/h12-16H,6-11H2,1-5H3,(H,21,23)/t13-,14-,15+,16-,20-/m0/s1. The molecule has 3 fully saturated rings. The van der Waals surface area contributed by atoms with Crippen molar-refractivity contribution in [2.45, 2.75) is 78.4 Å². The van der Waals surface area contributed by atoms with E-state index >= 15 is 0 Å². The number of esters is 1. The van der Waals surface area contributed by atoms with Gasteiger partial charge in [0.15, 0.2) is 0 Å². The van der Waals surface area contributed by atoms with Gasteiger partial charge in [-0.3, -0.25) is 4.79 Å². The van der Waals surface area contributed by atoms with Gasteiger partial charge in [0.1, 0.15) is 5.60 Å². The van der Waals surface area contributed by atoms with Crippen LogP contribution in [0.15, 0.2) is 0 Å². The smallest absolute Gasteiger partial charge is 0.407 e. The summed E-state index contributed by atoms with van der Waals surface area (Å²) >= 11 is 0. The number of amides is 1. The van der Waals surface area contributed by atoms with Crippen LogP contribution in [0.2, 0.25) is 0 Å². The SMILES string of the molecule is CC(C)OC(=O)C[C@]1(CNC(=O)OC(C)(C)C)[C@@H]2CC[C@H]3C[C@@H]2[C@@H]1C3. The summed E-state index contributed by atoms with van der Waals surface area (Å²) in [6.07, 6.45) is 4.88. The fourth-order valence-electron chi connectivity index (χ4n) is 5.73. The summed E-state index contributed by atoms with van der Waals surface area (Å²) in [5.41, 5.74) is -0.652. The first-order valence-electron chi connectivity index (χ1n) is 9.77. The normalized spacial score (nSPS) is 35.9. The zero-order chi connectivity index (χ0) is 18.4. The highest BCUT2D eigenvalue weighted by Gasteiger charge is 2.66. The van der Waals surface area contributed by atoms with Gasteiger partial charge in [-0.25, -0.2) is 4.79 Å². The number of ether oxygens (including phenoxy) is 2. The van der Waals surface area contributed by atoms with Crippen molar-refractivity contribution in [3.05, 3.63) is 0 Å². The van der Waals surface area contributed by atoms with Gasteiger partial charge < -0.3 is 14.8 Å². The van der Waals surface area contributed by atoms with E-state index in [1.54, 1.807) is 0 Å². The molecule has 0 radical (unpaired) electrons. The Bertz CT molecular complexity index is 530. The van der Waals surface area contributed by atoms with E-state index in [9.17, 15) is 9.59 Å². The van der Waals surface area contributed by atoms with Gasteiger partial charge in [0, 0.05) is 12.0 Å². The summed E-state index contributed by atoms with van der Waals surface area (Å²) < 4.78 is 10.8. The van der Waals surface area contributed by atoms with Gasteiger partial charge in [0.05, 0.1) is 12.5 Å². The molecule has 2 bridgehead atoms. The Balaban J connectivity index is 1.70. The van der Waals surface area contributed by atoms with E-state index in [2.05, 4.69) is 5.32 Å². The van der Waals surface area contributed by atoms with Crippen LogP contribution in [0.1, 0.15) is 66.7 Å². The van der Waals surface area contributed by atoms with Gasteiger partial charge in [0.2, 0.25) is 0 Å². The summed E-state index contributed by atoms with van der Waals surface area (Å²) in [4.78, 5) is 24.6. The highest BCUT2D eigenvalue weighted by Crippen LogP contribution is 2.70. The van der Waals surface area contributed by atoms with Crippen LogP contribution in [0.4, 0.5) is 4.79 Å². The number of alkyl carbamates (subject to hydrolysis) is 1. The summed E-state index contributed by atoms with van der Waals surface area (Å²) in [7, 11) is 0. The predicted octanol–water partition coefficient (Wildman–Crippen LogP) is 3.91. The van der Waals surface area contributed by atoms with Crippen LogP contribution < -0.4 is 5.32 Å². The molecule has 1 amide bonds.